The van der Waals surface area contributed by atoms with E-state index in [1.165, 1.54) is 0 Å². The normalized spacial score (nSPS) is 14.2. The van der Waals surface area contributed by atoms with Gasteiger partial charge in [-0.25, -0.2) is 4.98 Å². The molecule has 0 spiro atoms. The van der Waals surface area contributed by atoms with Crippen LogP contribution in [0.25, 0.3) is 0 Å². The Labute approximate surface area is 84.4 Å². The summed E-state index contributed by atoms with van der Waals surface area (Å²) in [5.74, 6) is 0.649. The van der Waals surface area contributed by atoms with Crippen LogP contribution in [-0.2, 0) is 0 Å². The number of nitrogens with one attached hydrogen (secondary N) is 1. The average Bonchev–Trinajstić information content (AvgIpc) is 2.50. The molecule has 1 unspecified atom stereocenters. The zero-order valence-electron chi connectivity index (χ0n) is 8.79. The first-order valence-corrected chi connectivity index (χ1v) is 5.51. The minimum absolute atomic E-state index is 0.365. The first kappa shape index (κ1) is 10.5. The van der Waals surface area contributed by atoms with Crippen molar-refractivity contribution in [3.05, 3.63) is 11.6 Å². The Balaban J connectivity index is 2.35. The summed E-state index contributed by atoms with van der Waals surface area (Å²) in [6.07, 6.45) is 1.83. The number of thiazole rings is 1. The Morgan fingerprint density at radius 3 is 2.69 bits per heavy atom. The highest BCUT2D eigenvalue weighted by atomic mass is 32.1. The smallest absolute Gasteiger partial charge is 0.182 e. The predicted octanol–water partition coefficient (Wildman–Crippen LogP) is 3.24. The largest absolute Gasteiger partial charge is 0.361 e. The van der Waals surface area contributed by atoms with Crippen LogP contribution in [0.2, 0.25) is 0 Å². The Morgan fingerprint density at radius 2 is 2.23 bits per heavy atom. The third-order valence-electron chi connectivity index (χ3n) is 2.47. The highest BCUT2D eigenvalue weighted by Gasteiger charge is 2.19. The molecule has 13 heavy (non-hydrogen) atoms. The van der Waals surface area contributed by atoms with Crippen molar-refractivity contribution in [2.24, 2.45) is 11.3 Å². The molecule has 1 aromatic heterocycles. The SMILES string of the molecule is CC(CNc1nccs1)C(C)(C)C. The molecule has 0 aromatic carbocycles. The minimum atomic E-state index is 0.365. The fourth-order valence-electron chi connectivity index (χ4n) is 0.857. The molecule has 3 heteroatoms. The van der Waals surface area contributed by atoms with E-state index in [0.29, 0.717) is 11.3 Å². The number of anilines is 1. The Morgan fingerprint density at radius 1 is 1.54 bits per heavy atom. The maximum absolute atomic E-state index is 4.18. The molecule has 0 saturated carbocycles. The maximum atomic E-state index is 4.18. The van der Waals surface area contributed by atoms with Crippen LogP contribution in [0.1, 0.15) is 27.7 Å². The van der Waals surface area contributed by atoms with E-state index in [9.17, 15) is 0 Å². The highest BCUT2D eigenvalue weighted by molar-refractivity contribution is 7.13. The van der Waals surface area contributed by atoms with Crippen LogP contribution >= 0.6 is 11.3 Å². The lowest BCUT2D eigenvalue weighted by Crippen LogP contribution is -2.24. The van der Waals surface area contributed by atoms with Gasteiger partial charge in [-0.2, -0.15) is 0 Å². The summed E-state index contributed by atoms with van der Waals surface area (Å²) in [6.45, 7) is 10.1. The van der Waals surface area contributed by atoms with Crippen LogP contribution in [0.4, 0.5) is 5.13 Å². The van der Waals surface area contributed by atoms with Gasteiger partial charge in [0.2, 0.25) is 0 Å². The Bertz CT molecular complexity index is 236. The van der Waals surface area contributed by atoms with E-state index in [1.54, 1.807) is 11.3 Å². The molecule has 1 aromatic rings. The van der Waals surface area contributed by atoms with Gasteiger partial charge >= 0.3 is 0 Å². The van der Waals surface area contributed by atoms with Crippen LogP contribution in [0.3, 0.4) is 0 Å². The van der Waals surface area contributed by atoms with E-state index >= 15 is 0 Å². The first-order chi connectivity index (χ1) is 6.00. The van der Waals surface area contributed by atoms with Crippen LogP contribution in [0.5, 0.6) is 0 Å². The third-order valence-corrected chi connectivity index (χ3v) is 3.20. The zero-order chi connectivity index (χ0) is 9.90. The van der Waals surface area contributed by atoms with Gasteiger partial charge in [-0.3, -0.25) is 0 Å². The molecule has 0 saturated heterocycles. The number of rotatable bonds is 3. The van der Waals surface area contributed by atoms with Crippen molar-refractivity contribution in [1.29, 1.82) is 0 Å². The number of nitrogens with zero attached hydrogens (tertiary/aromatic N) is 1. The van der Waals surface area contributed by atoms with Crippen molar-refractivity contribution in [1.82, 2.24) is 4.98 Å². The van der Waals surface area contributed by atoms with E-state index in [0.717, 1.165) is 11.7 Å². The second-order valence-corrected chi connectivity index (χ2v) is 5.38. The quantitative estimate of drug-likeness (QED) is 0.806. The van der Waals surface area contributed by atoms with Gasteiger partial charge in [-0.05, 0) is 11.3 Å². The maximum Gasteiger partial charge on any atom is 0.182 e. The first-order valence-electron chi connectivity index (χ1n) is 4.63. The van der Waals surface area contributed by atoms with Gasteiger partial charge in [0.05, 0.1) is 0 Å². The topological polar surface area (TPSA) is 24.9 Å². The molecular weight excluding hydrogens is 180 g/mol. The third kappa shape index (κ3) is 3.35. The Kier molecular flexibility index (Phi) is 3.31. The summed E-state index contributed by atoms with van der Waals surface area (Å²) in [7, 11) is 0. The monoisotopic (exact) mass is 198 g/mol. The van der Waals surface area contributed by atoms with Gasteiger partial charge in [-0.15, -0.1) is 11.3 Å². The molecule has 0 bridgehead atoms. The average molecular weight is 198 g/mol. The lowest BCUT2D eigenvalue weighted by molar-refractivity contribution is 0.274. The molecule has 0 aliphatic rings. The van der Waals surface area contributed by atoms with Crippen LogP contribution in [0, 0.1) is 11.3 Å². The molecule has 1 rings (SSSR count). The number of hydrogen-bond donors (Lipinski definition) is 1. The minimum Gasteiger partial charge on any atom is -0.361 e. The van der Waals surface area contributed by atoms with Gasteiger partial charge in [0.25, 0.3) is 0 Å². The standard InChI is InChI=1S/C10H18N2S/c1-8(10(2,3)4)7-12-9-11-5-6-13-9/h5-6,8H,7H2,1-4H3,(H,11,12). The second kappa shape index (κ2) is 4.09. The van der Waals surface area contributed by atoms with Crippen molar-refractivity contribution in [3.8, 4) is 0 Å². The summed E-state index contributed by atoms with van der Waals surface area (Å²) in [5, 5.41) is 6.35. The predicted molar refractivity (Wildman–Crippen MR) is 59.2 cm³/mol. The van der Waals surface area contributed by atoms with E-state index < -0.39 is 0 Å². The number of hydrogen-bond acceptors (Lipinski definition) is 3. The summed E-state index contributed by atoms with van der Waals surface area (Å²) < 4.78 is 0. The van der Waals surface area contributed by atoms with Crippen molar-refractivity contribution in [3.63, 3.8) is 0 Å². The summed E-state index contributed by atoms with van der Waals surface area (Å²) in [5.41, 5.74) is 0.365. The Hall–Kier alpha value is -0.570. The van der Waals surface area contributed by atoms with Gasteiger partial charge in [0, 0.05) is 18.1 Å². The summed E-state index contributed by atoms with van der Waals surface area (Å²) in [4.78, 5) is 4.18. The van der Waals surface area contributed by atoms with Gasteiger partial charge < -0.3 is 5.32 Å². The lowest BCUT2D eigenvalue weighted by Gasteiger charge is -2.27. The molecule has 0 radical (unpaired) electrons. The summed E-state index contributed by atoms with van der Waals surface area (Å²) >= 11 is 1.65. The molecule has 0 amide bonds. The van der Waals surface area contributed by atoms with Gasteiger partial charge in [0.15, 0.2) is 5.13 Å². The molecule has 2 nitrogen and oxygen atoms in total. The van der Waals surface area contributed by atoms with E-state index in [-0.39, 0.29) is 0 Å². The highest BCUT2D eigenvalue weighted by Crippen LogP contribution is 2.25. The molecule has 0 aliphatic heterocycles. The van der Waals surface area contributed by atoms with Crippen molar-refractivity contribution < 1.29 is 0 Å². The van der Waals surface area contributed by atoms with Crippen LogP contribution < -0.4 is 5.32 Å². The lowest BCUT2D eigenvalue weighted by atomic mass is 9.82. The molecule has 1 atom stereocenters. The second-order valence-electron chi connectivity index (χ2n) is 4.49. The molecule has 74 valence electrons. The van der Waals surface area contributed by atoms with Crippen molar-refractivity contribution in [2.75, 3.05) is 11.9 Å². The van der Waals surface area contributed by atoms with Gasteiger partial charge in [-0.1, -0.05) is 27.7 Å². The fourth-order valence-corrected chi connectivity index (χ4v) is 1.40. The molecule has 0 fully saturated rings. The number of aromatic nitrogens is 1. The summed E-state index contributed by atoms with van der Waals surface area (Å²) in [6, 6.07) is 0. The van der Waals surface area contributed by atoms with Crippen LogP contribution in [0.15, 0.2) is 11.6 Å². The van der Waals surface area contributed by atoms with Crippen LogP contribution in [-0.4, -0.2) is 11.5 Å². The van der Waals surface area contributed by atoms with E-state index in [1.807, 2.05) is 11.6 Å². The zero-order valence-corrected chi connectivity index (χ0v) is 9.61. The molecular formula is C10H18N2S. The molecule has 1 heterocycles. The van der Waals surface area contributed by atoms with Crippen molar-refractivity contribution >= 4 is 16.5 Å². The molecule has 1 N–H and O–H groups in total. The molecule has 0 aliphatic carbocycles. The van der Waals surface area contributed by atoms with E-state index in [4.69, 9.17) is 0 Å². The van der Waals surface area contributed by atoms with Crippen molar-refractivity contribution in [2.45, 2.75) is 27.7 Å². The van der Waals surface area contributed by atoms with Gasteiger partial charge in [0.1, 0.15) is 0 Å². The fraction of sp³-hybridized carbons (Fsp3) is 0.700. The van der Waals surface area contributed by atoms with E-state index in [2.05, 4.69) is 38.0 Å².